The van der Waals surface area contributed by atoms with E-state index in [4.69, 9.17) is 6.42 Å². The van der Waals surface area contributed by atoms with Crippen LogP contribution < -0.4 is 0 Å². The number of allylic oxidation sites excluding steroid dienone is 1. The summed E-state index contributed by atoms with van der Waals surface area (Å²) in [5.41, 5.74) is -0.709. The number of terminal acetylenes is 1. The molecule has 0 radical (unpaired) electrons. The van der Waals surface area contributed by atoms with E-state index in [-0.39, 0.29) is 0 Å². The smallest absolute Gasteiger partial charge is 0.0936 e. The van der Waals surface area contributed by atoms with E-state index in [0.29, 0.717) is 12.3 Å². The van der Waals surface area contributed by atoms with Crippen molar-refractivity contribution in [3.05, 3.63) is 12.2 Å². The van der Waals surface area contributed by atoms with Crippen LogP contribution in [0.3, 0.4) is 0 Å². The quantitative estimate of drug-likeness (QED) is 0.520. The van der Waals surface area contributed by atoms with Crippen molar-refractivity contribution in [3.63, 3.8) is 0 Å². The van der Waals surface area contributed by atoms with Gasteiger partial charge in [-0.15, -0.1) is 12.3 Å². The Bertz CT molecular complexity index is 224. The number of rotatable bonds is 3. The summed E-state index contributed by atoms with van der Waals surface area (Å²) < 4.78 is 0. The predicted molar refractivity (Wildman–Crippen MR) is 55.2 cm³/mol. The molecule has 1 heteroatoms. The molecule has 0 saturated carbocycles. The molecule has 0 aromatic carbocycles. The summed E-state index contributed by atoms with van der Waals surface area (Å²) in [6.07, 6.45) is 14.0. The average molecular weight is 178 g/mol. The lowest BCUT2D eigenvalue weighted by molar-refractivity contribution is 0.0732. The van der Waals surface area contributed by atoms with E-state index >= 15 is 0 Å². The minimum Gasteiger partial charge on any atom is -0.385 e. The van der Waals surface area contributed by atoms with Gasteiger partial charge in [-0.1, -0.05) is 25.5 Å². The van der Waals surface area contributed by atoms with Crippen molar-refractivity contribution in [1.29, 1.82) is 0 Å². The molecular weight excluding hydrogens is 160 g/mol. The van der Waals surface area contributed by atoms with Gasteiger partial charge in [0.2, 0.25) is 0 Å². The second-order valence-corrected chi connectivity index (χ2v) is 3.93. The molecule has 2 unspecified atom stereocenters. The molecule has 0 saturated heterocycles. The molecule has 0 fully saturated rings. The monoisotopic (exact) mass is 178 g/mol. The molecule has 1 N–H and O–H groups in total. The SMILES string of the molecule is C#CCC1(O)C=CC(CCC)CC1. The highest BCUT2D eigenvalue weighted by Gasteiger charge is 2.26. The maximum Gasteiger partial charge on any atom is 0.0936 e. The van der Waals surface area contributed by atoms with E-state index in [1.807, 2.05) is 6.08 Å². The first-order valence-electron chi connectivity index (χ1n) is 5.05. The number of hydrogen-bond donors (Lipinski definition) is 1. The lowest BCUT2D eigenvalue weighted by Gasteiger charge is -2.29. The zero-order valence-corrected chi connectivity index (χ0v) is 8.29. The van der Waals surface area contributed by atoms with E-state index in [2.05, 4.69) is 18.9 Å². The van der Waals surface area contributed by atoms with Crippen LogP contribution in [0.25, 0.3) is 0 Å². The molecule has 13 heavy (non-hydrogen) atoms. The van der Waals surface area contributed by atoms with Gasteiger partial charge in [-0.25, -0.2) is 0 Å². The zero-order valence-electron chi connectivity index (χ0n) is 8.29. The second-order valence-electron chi connectivity index (χ2n) is 3.93. The number of hydrogen-bond acceptors (Lipinski definition) is 1. The maximum atomic E-state index is 9.93. The Labute approximate surface area is 80.9 Å². The Balaban J connectivity index is 2.51. The van der Waals surface area contributed by atoms with E-state index in [1.165, 1.54) is 12.8 Å². The van der Waals surface area contributed by atoms with Gasteiger partial charge in [0, 0.05) is 6.42 Å². The Kier molecular flexibility index (Phi) is 3.57. The van der Waals surface area contributed by atoms with Crippen molar-refractivity contribution in [3.8, 4) is 12.3 Å². The molecule has 0 heterocycles. The molecule has 1 aliphatic rings. The van der Waals surface area contributed by atoms with Crippen LogP contribution in [0.5, 0.6) is 0 Å². The third-order valence-corrected chi connectivity index (χ3v) is 2.69. The largest absolute Gasteiger partial charge is 0.385 e. The molecule has 1 rings (SSSR count). The van der Waals surface area contributed by atoms with Gasteiger partial charge in [-0.2, -0.15) is 0 Å². The van der Waals surface area contributed by atoms with Crippen molar-refractivity contribution in [1.82, 2.24) is 0 Å². The van der Waals surface area contributed by atoms with Crippen LogP contribution in [0.2, 0.25) is 0 Å². The molecule has 1 nitrogen and oxygen atoms in total. The first-order valence-corrected chi connectivity index (χ1v) is 5.05. The highest BCUT2D eigenvalue weighted by molar-refractivity contribution is 5.12. The van der Waals surface area contributed by atoms with Crippen molar-refractivity contribution >= 4 is 0 Å². The second kappa shape index (κ2) is 4.48. The fraction of sp³-hybridized carbons (Fsp3) is 0.667. The minimum absolute atomic E-state index is 0.447. The lowest BCUT2D eigenvalue weighted by atomic mass is 9.82. The average Bonchev–Trinajstić information content (AvgIpc) is 2.10. The molecule has 0 spiro atoms. The predicted octanol–water partition coefficient (Wildman–Crippen LogP) is 2.51. The summed E-state index contributed by atoms with van der Waals surface area (Å²) in [5.74, 6) is 3.18. The molecule has 0 bridgehead atoms. The molecule has 2 atom stereocenters. The van der Waals surface area contributed by atoms with Crippen LogP contribution >= 0.6 is 0 Å². The number of aliphatic hydroxyl groups is 1. The van der Waals surface area contributed by atoms with Gasteiger partial charge >= 0.3 is 0 Å². The molecule has 72 valence electrons. The highest BCUT2D eigenvalue weighted by atomic mass is 16.3. The molecule has 0 aliphatic heterocycles. The van der Waals surface area contributed by atoms with Crippen LogP contribution in [-0.2, 0) is 0 Å². The first-order chi connectivity index (χ1) is 6.20. The van der Waals surface area contributed by atoms with Crippen LogP contribution in [-0.4, -0.2) is 10.7 Å². The summed E-state index contributed by atoms with van der Waals surface area (Å²) in [4.78, 5) is 0. The third-order valence-electron chi connectivity index (χ3n) is 2.69. The zero-order chi connectivity index (χ0) is 9.73. The van der Waals surface area contributed by atoms with E-state index < -0.39 is 5.60 Å². The lowest BCUT2D eigenvalue weighted by Crippen LogP contribution is -2.29. The van der Waals surface area contributed by atoms with Crippen molar-refractivity contribution in [2.24, 2.45) is 5.92 Å². The van der Waals surface area contributed by atoms with E-state index in [0.717, 1.165) is 12.8 Å². The van der Waals surface area contributed by atoms with Gasteiger partial charge < -0.3 is 5.11 Å². The minimum atomic E-state index is -0.709. The van der Waals surface area contributed by atoms with E-state index in [9.17, 15) is 5.11 Å². The Morgan fingerprint density at radius 2 is 2.46 bits per heavy atom. The Morgan fingerprint density at radius 1 is 1.69 bits per heavy atom. The molecular formula is C12H18O. The van der Waals surface area contributed by atoms with Gasteiger partial charge in [0.05, 0.1) is 5.60 Å². The molecule has 0 amide bonds. The standard InChI is InChI=1S/C12H18O/c1-3-5-11-6-9-12(13,8-4-2)10-7-11/h2,6,9,11,13H,3,5,7-8,10H2,1H3. The third kappa shape index (κ3) is 2.90. The van der Waals surface area contributed by atoms with Gasteiger partial charge in [0.1, 0.15) is 0 Å². The highest BCUT2D eigenvalue weighted by Crippen LogP contribution is 2.30. The summed E-state index contributed by atoms with van der Waals surface area (Å²) in [5, 5.41) is 9.93. The van der Waals surface area contributed by atoms with E-state index in [1.54, 1.807) is 0 Å². The summed E-state index contributed by atoms with van der Waals surface area (Å²) in [7, 11) is 0. The van der Waals surface area contributed by atoms with Crippen LogP contribution in [0, 0.1) is 18.3 Å². The molecule has 0 aromatic heterocycles. The summed E-state index contributed by atoms with van der Waals surface area (Å²) in [6, 6.07) is 0. The Morgan fingerprint density at radius 3 is 2.92 bits per heavy atom. The normalized spacial score (nSPS) is 32.8. The van der Waals surface area contributed by atoms with Gasteiger partial charge in [0.25, 0.3) is 0 Å². The van der Waals surface area contributed by atoms with Gasteiger partial charge in [-0.3, -0.25) is 0 Å². The van der Waals surface area contributed by atoms with Crippen molar-refractivity contribution in [2.75, 3.05) is 0 Å². The first kappa shape index (κ1) is 10.3. The van der Waals surface area contributed by atoms with Crippen molar-refractivity contribution < 1.29 is 5.11 Å². The van der Waals surface area contributed by atoms with Gasteiger partial charge in [0.15, 0.2) is 0 Å². The Hall–Kier alpha value is -0.740. The van der Waals surface area contributed by atoms with Crippen LogP contribution in [0.1, 0.15) is 39.0 Å². The maximum absolute atomic E-state index is 9.93. The summed E-state index contributed by atoms with van der Waals surface area (Å²) in [6.45, 7) is 2.19. The van der Waals surface area contributed by atoms with Crippen LogP contribution in [0.4, 0.5) is 0 Å². The summed E-state index contributed by atoms with van der Waals surface area (Å²) >= 11 is 0. The fourth-order valence-electron chi connectivity index (χ4n) is 1.87. The fourth-order valence-corrected chi connectivity index (χ4v) is 1.87. The van der Waals surface area contributed by atoms with Crippen LogP contribution in [0.15, 0.2) is 12.2 Å². The topological polar surface area (TPSA) is 20.2 Å². The molecule has 1 aliphatic carbocycles. The molecule has 0 aromatic rings. The van der Waals surface area contributed by atoms with Crippen molar-refractivity contribution in [2.45, 2.75) is 44.6 Å². The van der Waals surface area contributed by atoms with Gasteiger partial charge in [-0.05, 0) is 25.2 Å².